The lowest BCUT2D eigenvalue weighted by Crippen LogP contribution is -2.44. The first-order valence-corrected chi connectivity index (χ1v) is 7.23. The second-order valence-electron chi connectivity index (χ2n) is 5.99. The normalized spacial score (nSPS) is 11.7. The Balaban J connectivity index is 2.48. The molecule has 0 saturated carbocycles. The minimum atomic E-state index is -1.03. The van der Waals surface area contributed by atoms with Crippen molar-refractivity contribution in [3.8, 4) is 0 Å². The molecule has 2 aromatic rings. The number of likely N-dealkylation sites (N-methyl/N-ethyl adjacent to an activating group) is 1. The molecule has 0 fully saturated rings. The highest BCUT2D eigenvalue weighted by Gasteiger charge is 2.24. The Morgan fingerprint density at radius 3 is 2.73 bits per heavy atom. The van der Waals surface area contributed by atoms with Gasteiger partial charge in [-0.2, -0.15) is 0 Å². The van der Waals surface area contributed by atoms with Crippen molar-refractivity contribution in [3.63, 3.8) is 0 Å². The molecule has 0 bridgehead atoms. The highest BCUT2D eigenvalue weighted by atomic mass is 16.3. The fraction of sp³-hybridized carbons (Fsp3) is 0.438. The third-order valence-electron chi connectivity index (χ3n) is 3.40. The zero-order chi connectivity index (χ0) is 16.5. The molecule has 0 radical (unpaired) electrons. The number of hydrogen-bond acceptors (Lipinski definition) is 4. The molecule has 0 atom stereocenters. The van der Waals surface area contributed by atoms with Crippen molar-refractivity contribution < 1.29 is 9.90 Å². The summed E-state index contributed by atoms with van der Waals surface area (Å²) in [5.41, 5.74) is -0.0120. The second kappa shape index (κ2) is 5.88. The van der Waals surface area contributed by atoms with Crippen molar-refractivity contribution in [1.82, 2.24) is 14.3 Å². The van der Waals surface area contributed by atoms with Gasteiger partial charge in [0, 0.05) is 25.5 Å². The van der Waals surface area contributed by atoms with Crippen LogP contribution >= 0.6 is 0 Å². The number of carbonyl (C=O) groups is 1. The zero-order valence-corrected chi connectivity index (χ0v) is 13.3. The van der Waals surface area contributed by atoms with Crippen LogP contribution < -0.4 is 5.56 Å². The fourth-order valence-electron chi connectivity index (χ4n) is 2.36. The van der Waals surface area contributed by atoms with Crippen LogP contribution in [0, 0.1) is 6.92 Å². The molecule has 0 saturated heterocycles. The number of hydrogen-bond donors (Lipinski definition) is 1. The molecule has 118 valence electrons. The lowest BCUT2D eigenvalue weighted by molar-refractivity contribution is 0.0313. The van der Waals surface area contributed by atoms with E-state index >= 15 is 0 Å². The Morgan fingerprint density at radius 2 is 2.14 bits per heavy atom. The first kappa shape index (κ1) is 16.2. The Kier molecular flexibility index (Phi) is 4.32. The van der Waals surface area contributed by atoms with Gasteiger partial charge in [-0.1, -0.05) is 6.07 Å². The van der Waals surface area contributed by atoms with Gasteiger partial charge in [0.2, 0.25) is 0 Å². The summed E-state index contributed by atoms with van der Waals surface area (Å²) in [5.74, 6) is -0.418. The largest absolute Gasteiger partial charge is 0.389 e. The van der Waals surface area contributed by atoms with Crippen molar-refractivity contribution in [2.45, 2.75) is 33.3 Å². The fourth-order valence-corrected chi connectivity index (χ4v) is 2.36. The van der Waals surface area contributed by atoms with Crippen molar-refractivity contribution in [2.75, 3.05) is 13.1 Å². The Bertz CT molecular complexity index is 759. The van der Waals surface area contributed by atoms with Crippen LogP contribution in [0.1, 0.15) is 36.7 Å². The van der Waals surface area contributed by atoms with E-state index in [1.54, 1.807) is 33.0 Å². The van der Waals surface area contributed by atoms with Crippen LogP contribution in [0.15, 0.2) is 29.3 Å². The summed E-state index contributed by atoms with van der Waals surface area (Å²) in [6.07, 6.45) is 2.92. The first-order chi connectivity index (χ1) is 10.2. The van der Waals surface area contributed by atoms with Crippen LogP contribution in [-0.2, 0) is 0 Å². The van der Waals surface area contributed by atoms with E-state index in [0.29, 0.717) is 12.2 Å². The van der Waals surface area contributed by atoms with Gasteiger partial charge in [0.25, 0.3) is 11.5 Å². The van der Waals surface area contributed by atoms with E-state index in [1.165, 1.54) is 15.5 Å². The van der Waals surface area contributed by atoms with Crippen molar-refractivity contribution >= 4 is 11.6 Å². The number of aliphatic hydroxyl groups is 1. The van der Waals surface area contributed by atoms with Gasteiger partial charge in [-0.3, -0.25) is 14.0 Å². The molecule has 0 aromatic carbocycles. The van der Waals surface area contributed by atoms with Gasteiger partial charge >= 0.3 is 0 Å². The van der Waals surface area contributed by atoms with Crippen LogP contribution in [-0.4, -0.2) is 44.0 Å². The van der Waals surface area contributed by atoms with Gasteiger partial charge in [-0.25, -0.2) is 4.98 Å². The Labute approximate surface area is 129 Å². The van der Waals surface area contributed by atoms with E-state index in [4.69, 9.17) is 0 Å². The molecule has 1 amide bonds. The maximum absolute atomic E-state index is 12.6. The molecule has 6 heteroatoms. The number of aromatic nitrogens is 2. The minimum Gasteiger partial charge on any atom is -0.389 e. The van der Waals surface area contributed by atoms with Gasteiger partial charge in [-0.05, 0) is 39.3 Å². The minimum absolute atomic E-state index is 0.00852. The molecule has 0 aliphatic rings. The predicted molar refractivity (Wildman–Crippen MR) is 84.1 cm³/mol. The molecule has 2 rings (SSSR count). The maximum atomic E-state index is 12.6. The molecule has 0 aliphatic heterocycles. The van der Waals surface area contributed by atoms with Crippen LogP contribution in [0.25, 0.3) is 5.65 Å². The summed E-state index contributed by atoms with van der Waals surface area (Å²) in [6, 6.07) is 3.60. The summed E-state index contributed by atoms with van der Waals surface area (Å²) >= 11 is 0. The molecule has 1 N–H and O–H groups in total. The molecule has 2 aromatic heterocycles. The van der Waals surface area contributed by atoms with Crippen molar-refractivity contribution in [2.24, 2.45) is 0 Å². The topological polar surface area (TPSA) is 74.9 Å². The van der Waals surface area contributed by atoms with Crippen LogP contribution in [0.5, 0.6) is 0 Å². The summed E-state index contributed by atoms with van der Waals surface area (Å²) in [7, 11) is 0. The van der Waals surface area contributed by atoms with E-state index in [-0.39, 0.29) is 12.1 Å². The lowest BCUT2D eigenvalue weighted by atomic mass is 10.1. The summed E-state index contributed by atoms with van der Waals surface area (Å²) in [4.78, 5) is 30.8. The third-order valence-corrected chi connectivity index (χ3v) is 3.40. The van der Waals surface area contributed by atoms with Gasteiger partial charge in [0.1, 0.15) is 11.2 Å². The summed E-state index contributed by atoms with van der Waals surface area (Å²) in [5, 5.41) is 9.90. The predicted octanol–water partition coefficient (Wildman–Crippen LogP) is 1.24. The van der Waals surface area contributed by atoms with E-state index < -0.39 is 17.1 Å². The molecule has 6 nitrogen and oxygen atoms in total. The van der Waals surface area contributed by atoms with E-state index in [1.807, 2.05) is 13.0 Å². The molecular weight excluding hydrogens is 282 g/mol. The third kappa shape index (κ3) is 3.17. The van der Waals surface area contributed by atoms with Gasteiger partial charge in [0.05, 0.1) is 5.60 Å². The van der Waals surface area contributed by atoms with Crippen LogP contribution in [0.3, 0.4) is 0 Å². The highest BCUT2D eigenvalue weighted by molar-refractivity contribution is 5.93. The average Bonchev–Trinajstić information content (AvgIpc) is 2.44. The molecular formula is C16H21N3O3. The first-order valence-electron chi connectivity index (χ1n) is 7.23. The Morgan fingerprint density at radius 1 is 1.45 bits per heavy atom. The van der Waals surface area contributed by atoms with Gasteiger partial charge < -0.3 is 10.0 Å². The SMILES string of the molecule is CCN(CC(C)(C)O)C(=O)c1cnc2c(C)cccn2c1=O. The standard InChI is InChI=1S/C16H21N3O3/c1-5-18(10-16(3,4)22)14(20)12-9-17-13-11(2)7-6-8-19(13)15(12)21/h6-9,22H,5,10H2,1-4H3. The summed E-state index contributed by atoms with van der Waals surface area (Å²) in [6.45, 7) is 7.46. The second-order valence-corrected chi connectivity index (χ2v) is 5.99. The maximum Gasteiger partial charge on any atom is 0.270 e. The van der Waals surface area contributed by atoms with E-state index in [0.717, 1.165) is 5.56 Å². The number of aryl methyl sites for hydroxylation is 1. The summed E-state index contributed by atoms with van der Waals surface area (Å²) < 4.78 is 1.38. The number of fused-ring (bicyclic) bond motifs is 1. The molecule has 2 heterocycles. The number of pyridine rings is 1. The zero-order valence-electron chi connectivity index (χ0n) is 13.3. The Hall–Kier alpha value is -2.21. The van der Waals surface area contributed by atoms with Gasteiger partial charge in [0.15, 0.2) is 0 Å². The van der Waals surface area contributed by atoms with E-state index in [2.05, 4.69) is 4.98 Å². The number of carbonyl (C=O) groups excluding carboxylic acids is 1. The van der Waals surface area contributed by atoms with Crippen molar-refractivity contribution in [3.05, 3.63) is 46.0 Å². The number of nitrogens with zero attached hydrogens (tertiary/aromatic N) is 3. The molecule has 0 unspecified atom stereocenters. The number of amides is 1. The van der Waals surface area contributed by atoms with Gasteiger partial charge in [-0.15, -0.1) is 0 Å². The quantitative estimate of drug-likeness (QED) is 0.922. The van der Waals surface area contributed by atoms with Crippen LogP contribution in [0.4, 0.5) is 0 Å². The van der Waals surface area contributed by atoms with E-state index in [9.17, 15) is 14.7 Å². The average molecular weight is 303 g/mol. The molecule has 22 heavy (non-hydrogen) atoms. The smallest absolute Gasteiger partial charge is 0.270 e. The molecule has 0 spiro atoms. The lowest BCUT2D eigenvalue weighted by Gasteiger charge is -2.27. The number of rotatable bonds is 4. The highest BCUT2D eigenvalue weighted by Crippen LogP contribution is 2.09. The monoisotopic (exact) mass is 303 g/mol. The molecule has 0 aliphatic carbocycles. The van der Waals surface area contributed by atoms with Crippen molar-refractivity contribution in [1.29, 1.82) is 0 Å². The van der Waals surface area contributed by atoms with Crippen LogP contribution in [0.2, 0.25) is 0 Å².